The standard InChI is InChI=1S/C42H26N2/c1-3-11-29-23-33(19-17-27(29)9-1)43-37-16-8-7-15-35(37)41-38(43)21-22-39-42(41)36-25-31-13-5-6-14-32(31)26-40(36)44(39)34-20-18-28-10-2-4-12-30(28)24-34/h1-26H. The summed E-state index contributed by atoms with van der Waals surface area (Å²) in [5.41, 5.74) is 7.25. The van der Waals surface area contributed by atoms with Crippen molar-refractivity contribution in [1.29, 1.82) is 0 Å². The summed E-state index contributed by atoms with van der Waals surface area (Å²) < 4.78 is 4.90. The fourth-order valence-corrected chi connectivity index (χ4v) is 7.44. The van der Waals surface area contributed by atoms with Crippen molar-refractivity contribution in [2.24, 2.45) is 0 Å². The Labute approximate surface area is 253 Å². The first-order valence-corrected chi connectivity index (χ1v) is 15.2. The smallest absolute Gasteiger partial charge is 0.0548 e. The van der Waals surface area contributed by atoms with Crippen LogP contribution in [-0.2, 0) is 0 Å². The Morgan fingerprint density at radius 2 is 0.727 bits per heavy atom. The van der Waals surface area contributed by atoms with Gasteiger partial charge in [0.25, 0.3) is 0 Å². The molecular weight excluding hydrogens is 532 g/mol. The van der Waals surface area contributed by atoms with Crippen molar-refractivity contribution in [2.75, 3.05) is 0 Å². The molecule has 0 saturated carbocycles. The SMILES string of the molecule is c1ccc2cc(-n3c4ccccc4c4c5c6cc7ccccc7cc6n(-c6ccc7ccccc7c6)c5ccc43)ccc2c1. The second kappa shape index (κ2) is 8.82. The second-order valence-electron chi connectivity index (χ2n) is 11.8. The number of para-hydroxylation sites is 1. The fraction of sp³-hybridized carbons (Fsp3) is 0. The largest absolute Gasteiger partial charge is 0.309 e. The Hall–Kier alpha value is -5.86. The Bertz CT molecular complexity index is 2780. The quantitative estimate of drug-likeness (QED) is 0.200. The van der Waals surface area contributed by atoms with Gasteiger partial charge in [0.15, 0.2) is 0 Å². The van der Waals surface area contributed by atoms with Crippen molar-refractivity contribution in [3.63, 3.8) is 0 Å². The van der Waals surface area contributed by atoms with Gasteiger partial charge in [-0.25, -0.2) is 0 Å². The number of fused-ring (bicyclic) bond motifs is 10. The van der Waals surface area contributed by atoms with Crippen LogP contribution >= 0.6 is 0 Å². The van der Waals surface area contributed by atoms with Gasteiger partial charge in [-0.1, -0.05) is 103 Å². The number of hydrogen-bond donors (Lipinski definition) is 0. The lowest BCUT2D eigenvalue weighted by Crippen LogP contribution is -1.95. The molecule has 0 saturated heterocycles. The molecule has 0 bridgehead atoms. The lowest BCUT2D eigenvalue weighted by atomic mass is 10.0. The molecule has 10 rings (SSSR count). The monoisotopic (exact) mass is 558 g/mol. The Kier molecular flexibility index (Phi) is 4.75. The first-order valence-electron chi connectivity index (χ1n) is 15.2. The van der Waals surface area contributed by atoms with Crippen molar-refractivity contribution in [3.05, 3.63) is 158 Å². The second-order valence-corrected chi connectivity index (χ2v) is 11.8. The molecule has 204 valence electrons. The maximum atomic E-state index is 2.46. The van der Waals surface area contributed by atoms with Gasteiger partial charge in [0.05, 0.1) is 22.1 Å². The lowest BCUT2D eigenvalue weighted by Gasteiger charge is -2.11. The van der Waals surface area contributed by atoms with Crippen LogP contribution in [0.5, 0.6) is 0 Å². The molecule has 2 heterocycles. The Balaban J connectivity index is 1.39. The van der Waals surface area contributed by atoms with Crippen LogP contribution in [0.2, 0.25) is 0 Å². The van der Waals surface area contributed by atoms with E-state index in [2.05, 4.69) is 167 Å². The molecule has 10 aromatic rings. The number of hydrogen-bond acceptors (Lipinski definition) is 0. The van der Waals surface area contributed by atoms with Crippen molar-refractivity contribution in [3.8, 4) is 11.4 Å². The highest BCUT2D eigenvalue weighted by molar-refractivity contribution is 6.30. The lowest BCUT2D eigenvalue weighted by molar-refractivity contribution is 1.18. The molecule has 8 aromatic carbocycles. The van der Waals surface area contributed by atoms with Crippen LogP contribution in [0.25, 0.3) is 87.3 Å². The van der Waals surface area contributed by atoms with E-state index in [9.17, 15) is 0 Å². The van der Waals surface area contributed by atoms with Crippen molar-refractivity contribution in [1.82, 2.24) is 9.13 Å². The summed E-state index contributed by atoms with van der Waals surface area (Å²) in [6, 6.07) is 57.9. The molecule has 0 spiro atoms. The normalized spacial score (nSPS) is 12.1. The third-order valence-electron chi connectivity index (χ3n) is 9.41. The van der Waals surface area contributed by atoms with Gasteiger partial charge in [-0.2, -0.15) is 0 Å². The van der Waals surface area contributed by atoms with Crippen LogP contribution in [0.4, 0.5) is 0 Å². The molecule has 44 heavy (non-hydrogen) atoms. The average Bonchev–Trinajstić information content (AvgIpc) is 3.59. The van der Waals surface area contributed by atoms with Crippen LogP contribution in [0.1, 0.15) is 0 Å². The molecule has 0 atom stereocenters. The molecule has 0 unspecified atom stereocenters. The van der Waals surface area contributed by atoms with E-state index >= 15 is 0 Å². The summed E-state index contributed by atoms with van der Waals surface area (Å²) in [5, 5.41) is 12.6. The third kappa shape index (κ3) is 3.25. The summed E-state index contributed by atoms with van der Waals surface area (Å²) >= 11 is 0. The Morgan fingerprint density at radius 1 is 0.273 bits per heavy atom. The highest BCUT2D eigenvalue weighted by atomic mass is 15.0. The summed E-state index contributed by atoms with van der Waals surface area (Å²) in [7, 11) is 0. The average molecular weight is 559 g/mol. The van der Waals surface area contributed by atoms with E-state index in [1.807, 2.05) is 0 Å². The van der Waals surface area contributed by atoms with Gasteiger partial charge in [-0.3, -0.25) is 0 Å². The topological polar surface area (TPSA) is 9.86 Å². The van der Waals surface area contributed by atoms with Gasteiger partial charge in [-0.15, -0.1) is 0 Å². The summed E-state index contributed by atoms with van der Waals surface area (Å²) in [4.78, 5) is 0. The minimum Gasteiger partial charge on any atom is -0.309 e. The molecule has 0 amide bonds. The zero-order chi connectivity index (χ0) is 28.8. The number of benzene rings is 8. The van der Waals surface area contributed by atoms with Crippen LogP contribution in [0.15, 0.2) is 158 Å². The van der Waals surface area contributed by atoms with E-state index in [1.54, 1.807) is 0 Å². The molecule has 0 aliphatic carbocycles. The highest BCUT2D eigenvalue weighted by Crippen LogP contribution is 2.43. The molecule has 0 fully saturated rings. The third-order valence-corrected chi connectivity index (χ3v) is 9.41. The van der Waals surface area contributed by atoms with E-state index in [-0.39, 0.29) is 0 Å². The number of rotatable bonds is 2. The number of nitrogens with zero attached hydrogens (tertiary/aromatic N) is 2. The van der Waals surface area contributed by atoms with E-state index in [0.29, 0.717) is 0 Å². The predicted molar refractivity (Wildman–Crippen MR) is 188 cm³/mol. The predicted octanol–water partition coefficient (Wildman–Crippen LogP) is 11.3. The maximum Gasteiger partial charge on any atom is 0.0548 e. The summed E-state index contributed by atoms with van der Waals surface area (Å²) in [6.45, 7) is 0. The minimum atomic E-state index is 1.18. The molecule has 0 radical (unpaired) electrons. The first kappa shape index (κ1) is 23.7. The number of aromatic nitrogens is 2. The van der Waals surface area contributed by atoms with E-state index in [1.165, 1.54) is 87.3 Å². The van der Waals surface area contributed by atoms with Crippen LogP contribution in [-0.4, -0.2) is 9.13 Å². The fourth-order valence-electron chi connectivity index (χ4n) is 7.44. The summed E-state index contributed by atoms with van der Waals surface area (Å²) in [5.74, 6) is 0. The van der Waals surface area contributed by atoms with Gasteiger partial charge in [0, 0.05) is 32.9 Å². The van der Waals surface area contributed by atoms with Gasteiger partial charge in [0.1, 0.15) is 0 Å². The van der Waals surface area contributed by atoms with Crippen molar-refractivity contribution >= 4 is 75.9 Å². The summed E-state index contributed by atoms with van der Waals surface area (Å²) in [6.07, 6.45) is 0. The van der Waals surface area contributed by atoms with Crippen molar-refractivity contribution < 1.29 is 0 Å². The van der Waals surface area contributed by atoms with Gasteiger partial charge in [0.2, 0.25) is 0 Å². The molecule has 0 aliphatic heterocycles. The molecule has 2 nitrogen and oxygen atoms in total. The molecule has 2 aromatic heterocycles. The van der Waals surface area contributed by atoms with E-state index < -0.39 is 0 Å². The highest BCUT2D eigenvalue weighted by Gasteiger charge is 2.21. The van der Waals surface area contributed by atoms with Crippen LogP contribution in [0, 0.1) is 0 Å². The van der Waals surface area contributed by atoms with Gasteiger partial charge in [-0.05, 0) is 86.9 Å². The van der Waals surface area contributed by atoms with Crippen LogP contribution < -0.4 is 0 Å². The van der Waals surface area contributed by atoms with Gasteiger partial charge >= 0.3 is 0 Å². The van der Waals surface area contributed by atoms with Crippen LogP contribution in [0.3, 0.4) is 0 Å². The molecular formula is C42H26N2. The Morgan fingerprint density at radius 3 is 1.34 bits per heavy atom. The van der Waals surface area contributed by atoms with E-state index in [0.717, 1.165) is 0 Å². The van der Waals surface area contributed by atoms with Gasteiger partial charge < -0.3 is 9.13 Å². The molecule has 0 aliphatic rings. The van der Waals surface area contributed by atoms with Crippen molar-refractivity contribution in [2.45, 2.75) is 0 Å². The minimum absolute atomic E-state index is 1.18. The zero-order valence-electron chi connectivity index (χ0n) is 23.9. The molecule has 0 N–H and O–H groups in total. The maximum absolute atomic E-state index is 2.46. The zero-order valence-corrected chi connectivity index (χ0v) is 23.9. The molecule has 2 heteroatoms. The van der Waals surface area contributed by atoms with E-state index in [4.69, 9.17) is 0 Å². The first-order chi connectivity index (χ1) is 21.8.